The van der Waals surface area contributed by atoms with Crippen LogP contribution in [-0.2, 0) is 26.4 Å². The molecule has 1 aliphatic heterocycles. The maximum absolute atomic E-state index is 12.4. The van der Waals surface area contributed by atoms with Crippen molar-refractivity contribution in [1.82, 2.24) is 29.5 Å². The van der Waals surface area contributed by atoms with Gasteiger partial charge in [0.15, 0.2) is 5.65 Å². The van der Waals surface area contributed by atoms with Crippen LogP contribution in [0.5, 0.6) is 0 Å². The lowest BCUT2D eigenvalue weighted by Crippen LogP contribution is -2.39. The first-order valence-corrected chi connectivity index (χ1v) is 9.39. The summed E-state index contributed by atoms with van der Waals surface area (Å²) in [7, 11) is 1.77. The first-order valence-electron chi connectivity index (χ1n) is 9.39. The number of anilines is 1. The second-order valence-electron chi connectivity index (χ2n) is 7.37. The number of aromatic amines is 1. The first-order chi connectivity index (χ1) is 13.1. The van der Waals surface area contributed by atoms with Crippen LogP contribution in [0.25, 0.3) is 11.0 Å². The van der Waals surface area contributed by atoms with Gasteiger partial charge in [-0.2, -0.15) is 15.2 Å². The van der Waals surface area contributed by atoms with E-state index in [0.717, 1.165) is 49.9 Å². The molecule has 1 unspecified atom stereocenters. The van der Waals surface area contributed by atoms with E-state index in [-0.39, 0.29) is 17.2 Å². The topological polar surface area (TPSA) is 102 Å². The van der Waals surface area contributed by atoms with Crippen molar-refractivity contribution in [2.24, 2.45) is 7.05 Å². The molecule has 0 radical (unpaired) electrons. The summed E-state index contributed by atoms with van der Waals surface area (Å²) >= 11 is 0. The average Bonchev–Trinajstić information content (AvgIpc) is 3.36. The summed E-state index contributed by atoms with van der Waals surface area (Å²) < 4.78 is 3.18. The Balaban J connectivity index is 1.49. The molecule has 2 aliphatic rings. The van der Waals surface area contributed by atoms with Crippen molar-refractivity contribution >= 4 is 17.0 Å². The van der Waals surface area contributed by atoms with Crippen molar-refractivity contribution in [3.05, 3.63) is 44.2 Å². The minimum atomic E-state index is -0.193. The summed E-state index contributed by atoms with van der Waals surface area (Å²) in [6.07, 6.45) is 6.40. The van der Waals surface area contributed by atoms with Gasteiger partial charge in [0.25, 0.3) is 11.1 Å². The minimum Gasteiger partial charge on any atom is -0.337 e. The Morgan fingerprint density at radius 3 is 3.04 bits per heavy atom. The Morgan fingerprint density at radius 2 is 2.15 bits per heavy atom. The van der Waals surface area contributed by atoms with Crippen LogP contribution in [0.1, 0.15) is 30.5 Å². The van der Waals surface area contributed by atoms with Crippen LogP contribution in [0.3, 0.4) is 0 Å². The maximum Gasteiger partial charge on any atom is 0.267 e. The molecule has 1 N–H and O–H groups in total. The normalized spacial score (nSPS) is 19.1. The van der Waals surface area contributed by atoms with Gasteiger partial charge < -0.3 is 4.90 Å². The standard InChI is InChI=1S/C18H21N7O2/c1-23-16-13(9-19-23)17(27)21-18(20-16)24-7-3-5-12(24)10-25-15(26)8-11-4-2-6-14(11)22-25/h8-9,12H,2-7,10H2,1H3,(H,20,21,27). The lowest BCUT2D eigenvalue weighted by molar-refractivity contribution is 0.480. The van der Waals surface area contributed by atoms with Crippen molar-refractivity contribution in [2.45, 2.75) is 44.7 Å². The van der Waals surface area contributed by atoms with E-state index in [9.17, 15) is 9.59 Å². The first kappa shape index (κ1) is 16.2. The molecule has 3 aromatic heterocycles. The Bertz CT molecular complexity index is 1140. The van der Waals surface area contributed by atoms with Crippen LogP contribution in [-0.4, -0.2) is 42.1 Å². The van der Waals surface area contributed by atoms with E-state index >= 15 is 0 Å². The highest BCUT2D eigenvalue weighted by atomic mass is 16.1. The van der Waals surface area contributed by atoms with Crippen LogP contribution < -0.4 is 16.0 Å². The summed E-state index contributed by atoms with van der Waals surface area (Å²) in [6, 6.07) is 1.81. The zero-order chi connectivity index (χ0) is 18.5. The summed E-state index contributed by atoms with van der Waals surface area (Å²) in [4.78, 5) is 34.4. The molecule has 140 valence electrons. The van der Waals surface area contributed by atoms with E-state index in [1.54, 1.807) is 22.5 Å². The molecule has 0 bridgehead atoms. The smallest absolute Gasteiger partial charge is 0.267 e. The van der Waals surface area contributed by atoms with Crippen LogP contribution in [0.2, 0.25) is 0 Å². The Hall–Kier alpha value is -2.97. The van der Waals surface area contributed by atoms with E-state index in [0.29, 0.717) is 23.5 Å². The molecule has 0 amide bonds. The van der Waals surface area contributed by atoms with E-state index < -0.39 is 0 Å². The molecule has 1 fully saturated rings. The van der Waals surface area contributed by atoms with Crippen molar-refractivity contribution in [2.75, 3.05) is 11.4 Å². The van der Waals surface area contributed by atoms with Gasteiger partial charge in [0.1, 0.15) is 5.39 Å². The number of fused-ring (bicyclic) bond motifs is 2. The molecular formula is C18H21N7O2. The van der Waals surface area contributed by atoms with Crippen molar-refractivity contribution in [3.8, 4) is 0 Å². The third kappa shape index (κ3) is 2.65. The summed E-state index contributed by atoms with van der Waals surface area (Å²) in [5.41, 5.74) is 2.45. The van der Waals surface area contributed by atoms with Crippen LogP contribution in [0.15, 0.2) is 21.9 Å². The number of aromatic nitrogens is 6. The molecule has 27 heavy (non-hydrogen) atoms. The third-order valence-corrected chi connectivity index (χ3v) is 5.65. The fraction of sp³-hybridized carbons (Fsp3) is 0.500. The van der Waals surface area contributed by atoms with Gasteiger partial charge in [0.2, 0.25) is 5.95 Å². The number of nitrogens with zero attached hydrogens (tertiary/aromatic N) is 6. The average molecular weight is 367 g/mol. The number of nitrogens with one attached hydrogen (secondary N) is 1. The Kier molecular flexibility index (Phi) is 3.63. The van der Waals surface area contributed by atoms with Gasteiger partial charge in [-0.05, 0) is 37.7 Å². The molecule has 3 aromatic rings. The summed E-state index contributed by atoms with van der Waals surface area (Å²) in [5, 5.41) is 9.19. The quantitative estimate of drug-likeness (QED) is 0.718. The Labute approximate surface area is 154 Å². The predicted molar refractivity (Wildman–Crippen MR) is 100 cm³/mol. The molecule has 4 heterocycles. The number of hydrogen-bond acceptors (Lipinski definition) is 6. The van der Waals surface area contributed by atoms with Crippen LogP contribution >= 0.6 is 0 Å². The van der Waals surface area contributed by atoms with Crippen LogP contribution in [0.4, 0.5) is 5.95 Å². The number of aryl methyl sites for hydroxylation is 3. The Morgan fingerprint density at radius 1 is 1.26 bits per heavy atom. The summed E-state index contributed by atoms with van der Waals surface area (Å²) in [5.74, 6) is 0.535. The molecule has 1 aliphatic carbocycles. The van der Waals surface area contributed by atoms with E-state index in [2.05, 4.69) is 25.1 Å². The monoisotopic (exact) mass is 367 g/mol. The minimum absolute atomic E-state index is 0.0500. The van der Waals surface area contributed by atoms with Crippen LogP contribution in [0, 0.1) is 0 Å². The van der Waals surface area contributed by atoms with Crippen molar-refractivity contribution in [1.29, 1.82) is 0 Å². The molecule has 1 saturated heterocycles. The fourth-order valence-electron chi connectivity index (χ4n) is 4.23. The van der Waals surface area contributed by atoms with Gasteiger partial charge in [0.05, 0.1) is 24.5 Å². The number of H-pyrrole nitrogens is 1. The van der Waals surface area contributed by atoms with E-state index in [4.69, 9.17) is 0 Å². The van der Waals surface area contributed by atoms with E-state index in [1.807, 2.05) is 0 Å². The molecule has 9 heteroatoms. The molecule has 0 saturated carbocycles. The van der Waals surface area contributed by atoms with E-state index in [1.165, 1.54) is 6.20 Å². The summed E-state index contributed by atoms with van der Waals surface area (Å²) in [6.45, 7) is 1.29. The molecule has 0 spiro atoms. The highest BCUT2D eigenvalue weighted by Crippen LogP contribution is 2.24. The van der Waals surface area contributed by atoms with Gasteiger partial charge in [-0.3, -0.25) is 19.3 Å². The van der Waals surface area contributed by atoms with Gasteiger partial charge in [-0.25, -0.2) is 4.68 Å². The molecular weight excluding hydrogens is 346 g/mol. The largest absolute Gasteiger partial charge is 0.337 e. The highest BCUT2D eigenvalue weighted by Gasteiger charge is 2.28. The molecule has 1 atom stereocenters. The second kappa shape index (κ2) is 6.04. The van der Waals surface area contributed by atoms with Crippen molar-refractivity contribution < 1.29 is 0 Å². The SMILES string of the molecule is Cn1ncc2c(=O)[nH]c(N3CCCC3Cn3nc4c(cc3=O)CCC4)nc21. The lowest BCUT2D eigenvalue weighted by atomic mass is 10.2. The zero-order valence-electron chi connectivity index (χ0n) is 15.2. The molecule has 5 rings (SSSR count). The maximum atomic E-state index is 12.4. The predicted octanol–water partition coefficient (Wildman–Crippen LogP) is 0.371. The second-order valence-corrected chi connectivity index (χ2v) is 7.37. The molecule has 0 aromatic carbocycles. The lowest BCUT2D eigenvalue weighted by Gasteiger charge is -2.25. The highest BCUT2D eigenvalue weighted by molar-refractivity contribution is 5.74. The number of hydrogen-bond donors (Lipinski definition) is 1. The fourth-order valence-corrected chi connectivity index (χ4v) is 4.23. The molecule has 9 nitrogen and oxygen atoms in total. The number of rotatable bonds is 3. The van der Waals surface area contributed by atoms with Gasteiger partial charge in [-0.1, -0.05) is 0 Å². The van der Waals surface area contributed by atoms with Gasteiger partial charge in [0, 0.05) is 19.7 Å². The van der Waals surface area contributed by atoms with Crippen molar-refractivity contribution in [3.63, 3.8) is 0 Å². The van der Waals surface area contributed by atoms with Gasteiger partial charge >= 0.3 is 0 Å². The zero-order valence-corrected chi connectivity index (χ0v) is 15.2. The van der Waals surface area contributed by atoms with Gasteiger partial charge in [-0.15, -0.1) is 0 Å². The third-order valence-electron chi connectivity index (χ3n) is 5.65.